The van der Waals surface area contributed by atoms with Gasteiger partial charge in [0.25, 0.3) is 0 Å². The van der Waals surface area contributed by atoms with Gasteiger partial charge in [0.15, 0.2) is 5.82 Å². The van der Waals surface area contributed by atoms with Crippen LogP contribution in [0.1, 0.15) is 49.9 Å². The summed E-state index contributed by atoms with van der Waals surface area (Å²) in [6.07, 6.45) is 3.63. The minimum absolute atomic E-state index is 0.264. The highest BCUT2D eigenvalue weighted by molar-refractivity contribution is 7.15. The lowest BCUT2D eigenvalue weighted by atomic mass is 9.57. The maximum Gasteiger partial charge on any atom is 0.307 e. The number of halogens is 1. The molecule has 3 unspecified atom stereocenters. The number of rotatable bonds is 5. The first-order chi connectivity index (χ1) is 15.9. The summed E-state index contributed by atoms with van der Waals surface area (Å²) in [7, 11) is 0. The van der Waals surface area contributed by atoms with E-state index in [9.17, 15) is 19.4 Å². The number of carboxylic acid groups (broad SMARTS) is 1. The molecule has 0 spiro atoms. The van der Waals surface area contributed by atoms with Crippen LogP contribution in [-0.2, 0) is 10.4 Å². The number of aromatic nitrogens is 3. The molecule has 1 aliphatic rings. The Hall–Kier alpha value is -2.91. The van der Waals surface area contributed by atoms with Crippen LogP contribution in [0.2, 0.25) is 0 Å². The third kappa shape index (κ3) is 4.30. The Kier molecular flexibility index (Phi) is 6.20. The first-order valence-electron chi connectivity index (χ1n) is 11.2. The van der Waals surface area contributed by atoms with Gasteiger partial charge < -0.3 is 15.5 Å². The highest BCUT2D eigenvalue weighted by Crippen LogP contribution is 2.54. The molecule has 0 amide bonds. The van der Waals surface area contributed by atoms with Gasteiger partial charge >= 0.3 is 5.97 Å². The molecule has 0 bridgehead atoms. The molecule has 3 aromatic rings. The van der Waals surface area contributed by atoms with E-state index in [1.54, 1.807) is 13.1 Å². The van der Waals surface area contributed by atoms with Gasteiger partial charge in [-0.2, -0.15) is 0 Å². The van der Waals surface area contributed by atoms with Crippen molar-refractivity contribution in [3.8, 4) is 10.4 Å². The molecule has 1 fully saturated rings. The third-order valence-corrected chi connectivity index (χ3v) is 8.47. The van der Waals surface area contributed by atoms with Gasteiger partial charge in [-0.3, -0.25) is 4.79 Å². The molecule has 1 aromatic carbocycles. The number of carboxylic acids is 1. The summed E-state index contributed by atoms with van der Waals surface area (Å²) in [5.74, 6) is -1.77. The Labute approximate surface area is 202 Å². The van der Waals surface area contributed by atoms with E-state index in [1.807, 2.05) is 45.9 Å². The van der Waals surface area contributed by atoms with Crippen LogP contribution in [0.15, 0.2) is 30.6 Å². The van der Waals surface area contributed by atoms with Gasteiger partial charge in [-0.15, -0.1) is 11.3 Å². The number of hydrogen-bond acceptors (Lipinski definition) is 7. The average molecular weight is 485 g/mol. The van der Waals surface area contributed by atoms with Crippen LogP contribution in [0.25, 0.3) is 10.4 Å². The lowest BCUT2D eigenvalue weighted by molar-refractivity contribution is -0.165. The van der Waals surface area contributed by atoms with Crippen LogP contribution in [0.5, 0.6) is 0 Å². The molecule has 180 valence electrons. The molecule has 1 saturated carbocycles. The smallest absolute Gasteiger partial charge is 0.307 e. The number of hydrogen-bond donors (Lipinski definition) is 3. The summed E-state index contributed by atoms with van der Waals surface area (Å²) in [6, 6.07) is 5.90. The van der Waals surface area contributed by atoms with Crippen molar-refractivity contribution in [1.29, 1.82) is 0 Å². The van der Waals surface area contributed by atoms with E-state index in [4.69, 9.17) is 0 Å². The number of nitrogens with one attached hydrogen (secondary N) is 1. The second kappa shape index (κ2) is 8.70. The molecule has 2 heterocycles. The first kappa shape index (κ1) is 24.2. The van der Waals surface area contributed by atoms with Gasteiger partial charge in [-0.25, -0.2) is 19.3 Å². The maximum absolute atomic E-state index is 13.5. The number of nitrogens with zero attached hydrogens (tertiary/aromatic N) is 3. The largest absolute Gasteiger partial charge is 0.481 e. The van der Waals surface area contributed by atoms with E-state index in [2.05, 4.69) is 20.3 Å². The van der Waals surface area contributed by atoms with Gasteiger partial charge in [-0.05, 0) is 61.3 Å². The van der Waals surface area contributed by atoms with Gasteiger partial charge in [-0.1, -0.05) is 26.8 Å². The lowest BCUT2D eigenvalue weighted by Gasteiger charge is -2.50. The van der Waals surface area contributed by atoms with Crippen LogP contribution >= 0.6 is 11.3 Å². The molecule has 9 heteroatoms. The van der Waals surface area contributed by atoms with Gasteiger partial charge in [0.2, 0.25) is 5.95 Å². The highest BCUT2D eigenvalue weighted by atomic mass is 32.1. The number of thiazole rings is 1. The Morgan fingerprint density at radius 1 is 1.21 bits per heavy atom. The van der Waals surface area contributed by atoms with Crippen molar-refractivity contribution >= 4 is 28.9 Å². The molecule has 2 aromatic heterocycles. The normalized spacial score (nSPS) is 24.1. The predicted molar refractivity (Wildman–Crippen MR) is 129 cm³/mol. The van der Waals surface area contributed by atoms with Crippen molar-refractivity contribution in [1.82, 2.24) is 15.0 Å². The Morgan fingerprint density at radius 3 is 2.62 bits per heavy atom. The standard InChI is InChI=1S/C25H29FN4O3S/c1-13-8-16(10-17(9-13)30-23-28-11-19(26)14(2)29-23)20-12-27-22(34-20)25(33)7-6-18(21(31)32)24(4,5)15(25)3/h8-12,15,18,33H,6-7H2,1-5H3,(H,31,32)(H,28,29,30). The minimum atomic E-state index is -1.19. The van der Waals surface area contributed by atoms with E-state index in [1.165, 1.54) is 11.3 Å². The number of benzene rings is 1. The molecule has 3 atom stereocenters. The van der Waals surface area contributed by atoms with Gasteiger partial charge in [0.1, 0.15) is 10.6 Å². The van der Waals surface area contributed by atoms with E-state index >= 15 is 0 Å². The van der Waals surface area contributed by atoms with E-state index in [0.717, 1.165) is 27.9 Å². The second-order valence-electron chi connectivity index (χ2n) is 9.77. The van der Waals surface area contributed by atoms with E-state index < -0.39 is 28.7 Å². The fraction of sp³-hybridized carbons (Fsp3) is 0.440. The van der Waals surface area contributed by atoms with Crippen molar-refractivity contribution in [2.45, 2.75) is 53.1 Å². The van der Waals surface area contributed by atoms with Crippen molar-refractivity contribution in [2.75, 3.05) is 5.32 Å². The molecular formula is C25H29FN4O3S. The highest BCUT2D eigenvalue weighted by Gasteiger charge is 2.54. The van der Waals surface area contributed by atoms with Crippen molar-refractivity contribution in [3.63, 3.8) is 0 Å². The third-order valence-electron chi connectivity index (χ3n) is 7.26. The van der Waals surface area contributed by atoms with E-state index in [-0.39, 0.29) is 11.6 Å². The summed E-state index contributed by atoms with van der Waals surface area (Å²) in [6.45, 7) is 9.29. The number of aliphatic carboxylic acids is 1. The van der Waals surface area contributed by atoms with Crippen molar-refractivity contribution < 1.29 is 19.4 Å². The molecule has 34 heavy (non-hydrogen) atoms. The Bertz CT molecular complexity index is 1240. The molecule has 0 radical (unpaired) electrons. The Morgan fingerprint density at radius 2 is 1.94 bits per heavy atom. The molecule has 4 rings (SSSR count). The SMILES string of the molecule is Cc1cc(Nc2ncc(F)c(C)n2)cc(-c2cnc(C3(O)CCC(C(=O)O)C(C)(C)C3C)s2)c1. The van der Waals surface area contributed by atoms with Crippen LogP contribution in [0.3, 0.4) is 0 Å². The van der Waals surface area contributed by atoms with Gasteiger partial charge in [0.05, 0.1) is 22.7 Å². The summed E-state index contributed by atoms with van der Waals surface area (Å²) in [4.78, 5) is 25.3. The zero-order valence-electron chi connectivity index (χ0n) is 19.9. The molecule has 7 nitrogen and oxygen atoms in total. The first-order valence-corrected chi connectivity index (χ1v) is 12.0. The van der Waals surface area contributed by atoms with Crippen molar-refractivity contribution in [3.05, 3.63) is 52.7 Å². The van der Waals surface area contributed by atoms with Crippen molar-refractivity contribution in [2.24, 2.45) is 17.3 Å². The fourth-order valence-corrected chi connectivity index (χ4v) is 5.96. The predicted octanol–water partition coefficient (Wildman–Crippen LogP) is 5.44. The van der Waals surface area contributed by atoms with Crippen LogP contribution in [0.4, 0.5) is 16.0 Å². The number of aryl methyl sites for hydroxylation is 2. The topological polar surface area (TPSA) is 108 Å². The van der Waals surface area contributed by atoms with Crippen LogP contribution in [0, 0.1) is 36.9 Å². The average Bonchev–Trinajstić information content (AvgIpc) is 3.25. The molecule has 0 aliphatic heterocycles. The summed E-state index contributed by atoms with van der Waals surface area (Å²) < 4.78 is 13.5. The van der Waals surface area contributed by atoms with Gasteiger partial charge in [0, 0.05) is 11.9 Å². The lowest BCUT2D eigenvalue weighted by Crippen LogP contribution is -2.51. The molecule has 0 saturated heterocycles. The molecule has 1 aliphatic carbocycles. The quantitative estimate of drug-likeness (QED) is 0.442. The monoisotopic (exact) mass is 484 g/mol. The maximum atomic E-state index is 13.5. The number of carbonyl (C=O) groups is 1. The second-order valence-corrected chi connectivity index (χ2v) is 10.8. The minimum Gasteiger partial charge on any atom is -0.481 e. The zero-order chi connectivity index (χ0) is 24.8. The summed E-state index contributed by atoms with van der Waals surface area (Å²) in [5, 5.41) is 25.0. The molecular weight excluding hydrogens is 455 g/mol. The summed E-state index contributed by atoms with van der Waals surface area (Å²) >= 11 is 1.42. The number of aliphatic hydroxyl groups is 1. The summed E-state index contributed by atoms with van der Waals surface area (Å²) in [5.41, 5.74) is 1.16. The molecule has 3 N–H and O–H groups in total. The zero-order valence-corrected chi connectivity index (χ0v) is 20.7. The van der Waals surface area contributed by atoms with E-state index in [0.29, 0.717) is 23.8 Å². The Balaban J connectivity index is 1.63. The van der Waals surface area contributed by atoms with Crippen LogP contribution < -0.4 is 5.32 Å². The number of anilines is 2. The fourth-order valence-electron chi connectivity index (χ4n) is 4.85. The van der Waals surface area contributed by atoms with Crippen LogP contribution in [-0.4, -0.2) is 31.1 Å².